The molecule has 0 amide bonds. The summed E-state index contributed by atoms with van der Waals surface area (Å²) in [6, 6.07) is 13.8. The summed E-state index contributed by atoms with van der Waals surface area (Å²) in [5.74, 6) is 0.860. The molecular weight excluding hydrogens is 296 g/mol. The fourth-order valence-electron chi connectivity index (χ4n) is 3.18. The summed E-state index contributed by atoms with van der Waals surface area (Å²) in [6.45, 7) is 6.31. The molecule has 1 heterocycles. The standard InChI is InChI=1S/C21H24N2O/c1-4-5-6-11-20-22-18-10-8-7-9-17(18)21(24)23(20)19-13-12-15(2)14-16(19)3/h7-10,12-14H,4-6,11H2,1-3H3. The van der Waals surface area contributed by atoms with Gasteiger partial charge in [0.15, 0.2) is 0 Å². The van der Waals surface area contributed by atoms with Crippen LogP contribution in [0.25, 0.3) is 16.6 Å². The van der Waals surface area contributed by atoms with Gasteiger partial charge in [-0.25, -0.2) is 4.98 Å². The molecule has 0 atom stereocenters. The normalized spacial score (nSPS) is 11.1. The number of aromatic nitrogens is 2. The third kappa shape index (κ3) is 3.12. The number of hydrogen-bond acceptors (Lipinski definition) is 2. The van der Waals surface area contributed by atoms with E-state index in [0.717, 1.165) is 48.3 Å². The number of fused-ring (bicyclic) bond motifs is 1. The predicted molar refractivity (Wildman–Crippen MR) is 100 cm³/mol. The Bertz CT molecular complexity index is 925. The van der Waals surface area contributed by atoms with Crippen molar-refractivity contribution in [1.82, 2.24) is 9.55 Å². The second kappa shape index (κ2) is 7.00. The Morgan fingerprint density at radius 3 is 2.58 bits per heavy atom. The van der Waals surface area contributed by atoms with Crippen LogP contribution in [-0.4, -0.2) is 9.55 Å². The van der Waals surface area contributed by atoms with Crippen LogP contribution < -0.4 is 5.56 Å². The average molecular weight is 320 g/mol. The van der Waals surface area contributed by atoms with Crippen LogP contribution in [0.15, 0.2) is 47.3 Å². The van der Waals surface area contributed by atoms with E-state index in [1.165, 1.54) is 5.56 Å². The second-order valence-corrected chi connectivity index (χ2v) is 6.43. The number of rotatable bonds is 5. The fraction of sp³-hybridized carbons (Fsp3) is 0.333. The number of hydrogen-bond donors (Lipinski definition) is 0. The SMILES string of the molecule is CCCCCc1nc2ccccc2c(=O)n1-c1ccc(C)cc1C. The summed E-state index contributed by atoms with van der Waals surface area (Å²) < 4.78 is 1.81. The van der Waals surface area contributed by atoms with E-state index in [9.17, 15) is 4.79 Å². The first-order chi connectivity index (χ1) is 11.6. The van der Waals surface area contributed by atoms with Crippen molar-refractivity contribution in [3.63, 3.8) is 0 Å². The lowest BCUT2D eigenvalue weighted by molar-refractivity contribution is 0.675. The highest BCUT2D eigenvalue weighted by atomic mass is 16.1. The lowest BCUT2D eigenvalue weighted by Crippen LogP contribution is -2.24. The number of aryl methyl sites for hydroxylation is 3. The number of nitrogens with zero attached hydrogens (tertiary/aromatic N) is 2. The lowest BCUT2D eigenvalue weighted by Gasteiger charge is -2.16. The summed E-state index contributed by atoms with van der Waals surface area (Å²) >= 11 is 0. The highest BCUT2D eigenvalue weighted by Gasteiger charge is 2.14. The van der Waals surface area contributed by atoms with Gasteiger partial charge in [0.1, 0.15) is 5.82 Å². The topological polar surface area (TPSA) is 34.9 Å². The molecule has 0 spiro atoms. The second-order valence-electron chi connectivity index (χ2n) is 6.43. The van der Waals surface area contributed by atoms with Crippen molar-refractivity contribution in [2.45, 2.75) is 46.5 Å². The van der Waals surface area contributed by atoms with Crippen LogP contribution in [0.1, 0.15) is 43.1 Å². The van der Waals surface area contributed by atoms with Crippen molar-refractivity contribution < 1.29 is 0 Å². The molecule has 0 fully saturated rings. The zero-order valence-corrected chi connectivity index (χ0v) is 14.7. The Hall–Kier alpha value is -2.42. The van der Waals surface area contributed by atoms with Crippen LogP contribution in [0, 0.1) is 13.8 Å². The van der Waals surface area contributed by atoms with Gasteiger partial charge in [-0.05, 0) is 44.0 Å². The van der Waals surface area contributed by atoms with Crippen molar-refractivity contribution in [3.05, 3.63) is 69.8 Å². The highest BCUT2D eigenvalue weighted by Crippen LogP contribution is 2.19. The molecule has 24 heavy (non-hydrogen) atoms. The fourth-order valence-corrected chi connectivity index (χ4v) is 3.18. The maximum Gasteiger partial charge on any atom is 0.265 e. The Kier molecular flexibility index (Phi) is 4.79. The van der Waals surface area contributed by atoms with Gasteiger partial charge < -0.3 is 0 Å². The van der Waals surface area contributed by atoms with Crippen LogP contribution in [-0.2, 0) is 6.42 Å². The van der Waals surface area contributed by atoms with Crippen molar-refractivity contribution in [1.29, 1.82) is 0 Å². The average Bonchev–Trinajstić information content (AvgIpc) is 2.57. The van der Waals surface area contributed by atoms with E-state index < -0.39 is 0 Å². The monoisotopic (exact) mass is 320 g/mol. The molecule has 0 aliphatic rings. The smallest absolute Gasteiger partial charge is 0.265 e. The molecule has 0 N–H and O–H groups in total. The van der Waals surface area contributed by atoms with Gasteiger partial charge in [0.25, 0.3) is 5.56 Å². The first-order valence-corrected chi connectivity index (χ1v) is 8.70. The molecule has 0 aliphatic carbocycles. The van der Waals surface area contributed by atoms with Crippen molar-refractivity contribution in [2.24, 2.45) is 0 Å². The van der Waals surface area contributed by atoms with Crippen molar-refractivity contribution >= 4 is 10.9 Å². The molecule has 0 bridgehead atoms. The summed E-state index contributed by atoms with van der Waals surface area (Å²) in [4.78, 5) is 18.0. The predicted octanol–water partition coefficient (Wildman–Crippen LogP) is 4.74. The van der Waals surface area contributed by atoms with Gasteiger partial charge in [-0.15, -0.1) is 0 Å². The summed E-state index contributed by atoms with van der Waals surface area (Å²) in [6.07, 6.45) is 4.17. The lowest BCUT2D eigenvalue weighted by atomic mass is 10.1. The van der Waals surface area contributed by atoms with E-state index in [1.54, 1.807) is 0 Å². The van der Waals surface area contributed by atoms with E-state index >= 15 is 0 Å². The van der Waals surface area contributed by atoms with Gasteiger partial charge in [0.2, 0.25) is 0 Å². The van der Waals surface area contributed by atoms with Crippen molar-refractivity contribution in [2.75, 3.05) is 0 Å². The Morgan fingerprint density at radius 2 is 1.83 bits per heavy atom. The Labute approximate surface area is 143 Å². The van der Waals surface area contributed by atoms with Gasteiger partial charge in [0, 0.05) is 6.42 Å². The molecule has 2 aromatic carbocycles. The Morgan fingerprint density at radius 1 is 1.04 bits per heavy atom. The molecule has 0 radical (unpaired) electrons. The maximum atomic E-state index is 13.1. The quantitative estimate of drug-likeness (QED) is 0.637. The number of para-hydroxylation sites is 1. The first kappa shape index (κ1) is 16.4. The molecule has 1 aromatic heterocycles. The minimum Gasteiger partial charge on any atom is -0.268 e. The van der Waals surface area contributed by atoms with Crippen LogP contribution in [0.5, 0.6) is 0 Å². The minimum absolute atomic E-state index is 0.0269. The minimum atomic E-state index is 0.0269. The molecule has 3 heteroatoms. The van der Waals surface area contributed by atoms with E-state index in [1.807, 2.05) is 34.9 Å². The molecule has 0 saturated carbocycles. The largest absolute Gasteiger partial charge is 0.268 e. The molecule has 0 unspecified atom stereocenters. The molecule has 3 aromatic rings. The molecule has 3 nitrogen and oxygen atoms in total. The van der Waals surface area contributed by atoms with Gasteiger partial charge >= 0.3 is 0 Å². The molecule has 0 aliphatic heterocycles. The van der Waals surface area contributed by atoms with Crippen molar-refractivity contribution in [3.8, 4) is 5.69 Å². The Balaban J connectivity index is 2.24. The van der Waals surface area contributed by atoms with Gasteiger partial charge in [-0.1, -0.05) is 49.6 Å². The third-order valence-corrected chi connectivity index (χ3v) is 4.44. The third-order valence-electron chi connectivity index (χ3n) is 4.44. The van der Waals surface area contributed by atoms with Gasteiger partial charge in [0.05, 0.1) is 16.6 Å². The highest BCUT2D eigenvalue weighted by molar-refractivity contribution is 5.77. The maximum absolute atomic E-state index is 13.1. The molecule has 0 saturated heterocycles. The summed E-state index contributed by atoms with van der Waals surface area (Å²) in [7, 11) is 0. The summed E-state index contributed by atoms with van der Waals surface area (Å²) in [5, 5.41) is 0.678. The number of benzene rings is 2. The van der Waals surface area contributed by atoms with Crippen LogP contribution in [0.2, 0.25) is 0 Å². The van der Waals surface area contributed by atoms with E-state index in [-0.39, 0.29) is 5.56 Å². The zero-order chi connectivity index (χ0) is 17.1. The van der Waals surface area contributed by atoms with E-state index in [4.69, 9.17) is 4.98 Å². The molecule has 3 rings (SSSR count). The van der Waals surface area contributed by atoms with Crippen LogP contribution in [0.4, 0.5) is 0 Å². The molecular formula is C21H24N2O. The first-order valence-electron chi connectivity index (χ1n) is 8.70. The summed E-state index contributed by atoms with van der Waals surface area (Å²) in [5.41, 5.74) is 4.06. The zero-order valence-electron chi connectivity index (χ0n) is 14.7. The molecule has 124 valence electrons. The van der Waals surface area contributed by atoms with E-state index in [0.29, 0.717) is 5.39 Å². The van der Waals surface area contributed by atoms with E-state index in [2.05, 4.69) is 32.9 Å². The number of unbranched alkanes of at least 4 members (excludes halogenated alkanes) is 2. The van der Waals surface area contributed by atoms with Gasteiger partial charge in [-0.2, -0.15) is 0 Å². The van der Waals surface area contributed by atoms with Gasteiger partial charge in [-0.3, -0.25) is 9.36 Å². The van der Waals surface area contributed by atoms with Crippen LogP contribution >= 0.6 is 0 Å². The van der Waals surface area contributed by atoms with Crippen LogP contribution in [0.3, 0.4) is 0 Å².